The van der Waals surface area contributed by atoms with Gasteiger partial charge in [0, 0.05) is 18.3 Å². The Balaban J connectivity index is 1.77. The van der Waals surface area contributed by atoms with E-state index in [1.165, 1.54) is 24.0 Å². The zero-order valence-electron chi connectivity index (χ0n) is 15.2. The van der Waals surface area contributed by atoms with Crippen LogP contribution in [0.3, 0.4) is 0 Å². The number of aryl methyl sites for hydroxylation is 3. The van der Waals surface area contributed by atoms with Crippen molar-refractivity contribution in [1.29, 1.82) is 0 Å². The van der Waals surface area contributed by atoms with E-state index in [1.807, 2.05) is 38.2 Å². The topological polar surface area (TPSA) is 59.0 Å². The first-order valence-electron chi connectivity index (χ1n) is 8.98. The highest BCUT2D eigenvalue weighted by Gasteiger charge is 2.20. The lowest BCUT2D eigenvalue weighted by Gasteiger charge is -2.15. The average molecular weight is 338 g/mol. The van der Waals surface area contributed by atoms with Crippen molar-refractivity contribution in [3.63, 3.8) is 0 Å². The van der Waals surface area contributed by atoms with E-state index in [-0.39, 0.29) is 6.03 Å². The molecule has 0 aliphatic heterocycles. The molecule has 0 bridgehead atoms. The Morgan fingerprint density at radius 3 is 2.60 bits per heavy atom. The predicted octanol–water partition coefficient (Wildman–Crippen LogP) is 4.89. The minimum atomic E-state index is -0.245. The van der Waals surface area contributed by atoms with Gasteiger partial charge in [0.1, 0.15) is 5.82 Å². The Hall–Kier alpha value is -2.56. The Bertz CT molecular complexity index is 787. The van der Waals surface area contributed by atoms with E-state index in [0.29, 0.717) is 0 Å². The van der Waals surface area contributed by atoms with Crippen LogP contribution >= 0.6 is 0 Å². The van der Waals surface area contributed by atoms with Gasteiger partial charge in [-0.25, -0.2) is 4.79 Å². The molecule has 0 saturated carbocycles. The molecule has 0 fully saturated rings. The van der Waals surface area contributed by atoms with Crippen LogP contribution in [0.1, 0.15) is 49.4 Å². The van der Waals surface area contributed by atoms with Gasteiger partial charge < -0.3 is 5.32 Å². The first-order chi connectivity index (χ1) is 12.1. The lowest BCUT2D eigenvalue weighted by molar-refractivity contribution is 0.262. The van der Waals surface area contributed by atoms with Crippen LogP contribution in [0.15, 0.2) is 30.3 Å². The number of carbonyl (C=O) groups excluding carboxylic acids is 1. The summed E-state index contributed by atoms with van der Waals surface area (Å²) in [6, 6.07) is 7.67. The lowest BCUT2D eigenvalue weighted by Crippen LogP contribution is -2.21. The third-order valence-electron chi connectivity index (χ3n) is 4.69. The van der Waals surface area contributed by atoms with Crippen molar-refractivity contribution in [1.82, 2.24) is 9.78 Å². The zero-order valence-corrected chi connectivity index (χ0v) is 15.2. The molecule has 25 heavy (non-hydrogen) atoms. The molecule has 2 amide bonds. The van der Waals surface area contributed by atoms with Gasteiger partial charge in [0.15, 0.2) is 0 Å². The largest absolute Gasteiger partial charge is 0.324 e. The first kappa shape index (κ1) is 17.3. The van der Waals surface area contributed by atoms with Gasteiger partial charge in [0.2, 0.25) is 0 Å². The summed E-state index contributed by atoms with van der Waals surface area (Å²) < 4.78 is 1.75. The number of rotatable bonds is 4. The Morgan fingerprint density at radius 2 is 1.96 bits per heavy atom. The van der Waals surface area contributed by atoms with E-state index < -0.39 is 0 Å². The highest BCUT2D eigenvalue weighted by atomic mass is 16.2. The highest BCUT2D eigenvalue weighted by Crippen LogP contribution is 2.33. The van der Waals surface area contributed by atoms with Crippen molar-refractivity contribution in [3.05, 3.63) is 47.2 Å². The number of carbonyl (C=O) groups is 1. The number of hydrogen-bond acceptors (Lipinski definition) is 2. The number of nitrogens with zero attached hydrogens (tertiary/aromatic N) is 2. The molecule has 5 heteroatoms. The van der Waals surface area contributed by atoms with Gasteiger partial charge in [0.25, 0.3) is 0 Å². The van der Waals surface area contributed by atoms with Gasteiger partial charge in [-0.15, -0.1) is 0 Å². The fraction of sp³-hybridized carbons (Fsp3) is 0.400. The molecule has 0 atom stereocenters. The maximum absolute atomic E-state index is 12.5. The van der Waals surface area contributed by atoms with Crippen molar-refractivity contribution in [2.45, 2.75) is 46.0 Å². The summed E-state index contributed by atoms with van der Waals surface area (Å²) in [7, 11) is 1.87. The third-order valence-corrected chi connectivity index (χ3v) is 4.69. The second-order valence-corrected chi connectivity index (χ2v) is 6.54. The second kappa shape index (κ2) is 7.55. The van der Waals surface area contributed by atoms with Crippen LogP contribution in [-0.2, 0) is 13.5 Å². The van der Waals surface area contributed by atoms with E-state index in [2.05, 4.69) is 28.7 Å². The van der Waals surface area contributed by atoms with Gasteiger partial charge in [-0.05, 0) is 62.3 Å². The Morgan fingerprint density at radius 1 is 1.20 bits per heavy atom. The van der Waals surface area contributed by atoms with Crippen molar-refractivity contribution in [3.8, 4) is 0 Å². The van der Waals surface area contributed by atoms with Crippen LogP contribution in [0.25, 0.3) is 5.57 Å². The lowest BCUT2D eigenvalue weighted by atomic mass is 9.93. The number of hydrogen-bond donors (Lipinski definition) is 2. The molecule has 1 heterocycles. The van der Waals surface area contributed by atoms with Crippen molar-refractivity contribution < 1.29 is 4.79 Å². The molecule has 1 aliphatic carbocycles. The number of urea groups is 1. The Kier molecular flexibility index (Phi) is 5.22. The summed E-state index contributed by atoms with van der Waals surface area (Å²) in [6.07, 6.45) is 7.83. The van der Waals surface area contributed by atoms with Gasteiger partial charge in [-0.3, -0.25) is 10.00 Å². The average Bonchev–Trinajstić information content (AvgIpc) is 2.89. The van der Waals surface area contributed by atoms with Crippen LogP contribution in [0, 0.1) is 6.92 Å². The number of allylic oxidation sites excluding steroid dienone is 2. The highest BCUT2D eigenvalue weighted by molar-refractivity contribution is 6.01. The third kappa shape index (κ3) is 3.92. The first-order valence-corrected chi connectivity index (χ1v) is 8.98. The maximum Gasteiger partial charge on any atom is 0.324 e. The van der Waals surface area contributed by atoms with Crippen LogP contribution in [0.4, 0.5) is 16.3 Å². The van der Waals surface area contributed by atoms with E-state index in [1.54, 1.807) is 4.68 Å². The molecule has 1 aromatic heterocycles. The summed E-state index contributed by atoms with van der Waals surface area (Å²) in [5.74, 6) is 0.758. The molecule has 5 nitrogen and oxygen atoms in total. The zero-order chi connectivity index (χ0) is 17.8. The fourth-order valence-corrected chi connectivity index (χ4v) is 3.34. The molecule has 0 radical (unpaired) electrons. The fourth-order valence-electron chi connectivity index (χ4n) is 3.34. The van der Waals surface area contributed by atoms with Crippen LogP contribution in [0.2, 0.25) is 0 Å². The molecule has 0 unspecified atom stereocenters. The van der Waals surface area contributed by atoms with Gasteiger partial charge in [0.05, 0.1) is 5.69 Å². The molecule has 132 valence electrons. The maximum atomic E-state index is 12.5. The van der Waals surface area contributed by atoms with Crippen LogP contribution in [0.5, 0.6) is 0 Å². The molecule has 0 spiro atoms. The van der Waals surface area contributed by atoms with E-state index in [9.17, 15) is 4.79 Å². The minimum absolute atomic E-state index is 0.245. The number of anilines is 2. The predicted molar refractivity (Wildman–Crippen MR) is 103 cm³/mol. The molecule has 2 aromatic rings. The molecule has 1 aromatic carbocycles. The number of benzene rings is 1. The van der Waals surface area contributed by atoms with E-state index in [4.69, 9.17) is 0 Å². The van der Waals surface area contributed by atoms with Crippen molar-refractivity contribution in [2.24, 2.45) is 7.05 Å². The molecule has 1 aliphatic rings. The van der Waals surface area contributed by atoms with Crippen LogP contribution < -0.4 is 10.6 Å². The summed E-state index contributed by atoms with van der Waals surface area (Å²) in [4.78, 5) is 12.5. The second-order valence-electron chi connectivity index (χ2n) is 6.54. The smallest absolute Gasteiger partial charge is 0.308 e. The van der Waals surface area contributed by atoms with Gasteiger partial charge in [-0.2, -0.15) is 5.10 Å². The molecular formula is C20H26N4O. The van der Waals surface area contributed by atoms with Crippen LogP contribution in [-0.4, -0.2) is 15.8 Å². The Labute approximate surface area is 149 Å². The van der Waals surface area contributed by atoms with Gasteiger partial charge in [-0.1, -0.05) is 25.1 Å². The van der Waals surface area contributed by atoms with Crippen molar-refractivity contribution in [2.75, 3.05) is 10.6 Å². The summed E-state index contributed by atoms with van der Waals surface area (Å²) in [5.41, 5.74) is 5.35. The van der Waals surface area contributed by atoms with E-state index >= 15 is 0 Å². The summed E-state index contributed by atoms with van der Waals surface area (Å²) in [5, 5.41) is 10.4. The number of aromatic nitrogens is 2. The normalized spacial score (nSPS) is 14.1. The molecule has 0 saturated heterocycles. The molecular weight excluding hydrogens is 312 g/mol. The standard InChI is InChI=1S/C20H26N4O/c1-4-15-10-12-17(13-11-15)21-20(25)22-19-18(14(2)23-24(19)3)16-8-6-5-7-9-16/h8,10-13H,4-7,9H2,1-3H3,(H2,21,22,25). The summed E-state index contributed by atoms with van der Waals surface area (Å²) >= 11 is 0. The van der Waals surface area contributed by atoms with Gasteiger partial charge >= 0.3 is 6.03 Å². The number of nitrogens with one attached hydrogen (secondary N) is 2. The van der Waals surface area contributed by atoms with E-state index in [0.717, 1.165) is 42.0 Å². The monoisotopic (exact) mass is 338 g/mol. The molecule has 3 rings (SSSR count). The molecule has 2 N–H and O–H groups in total. The minimum Gasteiger partial charge on any atom is -0.308 e. The summed E-state index contributed by atoms with van der Waals surface area (Å²) in [6.45, 7) is 4.11. The number of amides is 2. The quantitative estimate of drug-likeness (QED) is 0.833. The SMILES string of the molecule is CCc1ccc(NC(=O)Nc2c(C3=CCCCC3)c(C)nn2C)cc1. The van der Waals surface area contributed by atoms with Crippen molar-refractivity contribution >= 4 is 23.1 Å².